The van der Waals surface area contributed by atoms with E-state index >= 15 is 0 Å². The van der Waals surface area contributed by atoms with Gasteiger partial charge in [-0.05, 0) is 38.8 Å². The standard InChI is InChI=1S/C19H28FN5O2/c1-4-16(26-17-9-6-8-15(20)12-17)13-23-19(21-5-2)22-11-7-10-18-24-14(3)25-27-18/h6,8-9,12,16H,4-5,7,10-11,13H2,1-3H3,(H2,21,22,23). The molecular weight excluding hydrogens is 349 g/mol. The van der Waals surface area contributed by atoms with Gasteiger partial charge in [0, 0.05) is 25.6 Å². The van der Waals surface area contributed by atoms with Crippen LogP contribution in [0.1, 0.15) is 38.4 Å². The lowest BCUT2D eigenvalue weighted by Crippen LogP contribution is -2.38. The van der Waals surface area contributed by atoms with Gasteiger partial charge in [-0.3, -0.25) is 0 Å². The van der Waals surface area contributed by atoms with Crippen LogP contribution in [0, 0.1) is 12.7 Å². The number of halogens is 1. The van der Waals surface area contributed by atoms with Crippen molar-refractivity contribution in [2.45, 2.75) is 46.1 Å². The summed E-state index contributed by atoms with van der Waals surface area (Å²) in [6.45, 7) is 7.80. The van der Waals surface area contributed by atoms with Crippen LogP contribution in [0.25, 0.3) is 0 Å². The Morgan fingerprint density at radius 3 is 2.85 bits per heavy atom. The van der Waals surface area contributed by atoms with Gasteiger partial charge in [-0.15, -0.1) is 0 Å². The van der Waals surface area contributed by atoms with E-state index in [1.54, 1.807) is 19.1 Å². The highest BCUT2D eigenvalue weighted by molar-refractivity contribution is 5.79. The molecule has 0 bridgehead atoms. The maximum atomic E-state index is 13.3. The summed E-state index contributed by atoms with van der Waals surface area (Å²) in [4.78, 5) is 8.76. The van der Waals surface area contributed by atoms with Crippen molar-refractivity contribution in [2.75, 3.05) is 19.6 Å². The van der Waals surface area contributed by atoms with E-state index in [1.807, 2.05) is 13.8 Å². The van der Waals surface area contributed by atoms with Gasteiger partial charge in [0.25, 0.3) is 0 Å². The molecule has 0 saturated carbocycles. The average molecular weight is 377 g/mol. The zero-order valence-corrected chi connectivity index (χ0v) is 16.2. The van der Waals surface area contributed by atoms with Crippen LogP contribution in [0.5, 0.6) is 5.75 Å². The number of nitrogens with zero attached hydrogens (tertiary/aromatic N) is 3. The van der Waals surface area contributed by atoms with Gasteiger partial charge in [-0.25, -0.2) is 9.38 Å². The second kappa shape index (κ2) is 11.2. The summed E-state index contributed by atoms with van der Waals surface area (Å²) >= 11 is 0. The molecule has 0 amide bonds. The maximum Gasteiger partial charge on any atom is 0.226 e. The Morgan fingerprint density at radius 2 is 2.19 bits per heavy atom. The minimum Gasteiger partial charge on any atom is -0.488 e. The number of aromatic nitrogens is 2. The monoisotopic (exact) mass is 377 g/mol. The fourth-order valence-electron chi connectivity index (χ4n) is 2.41. The van der Waals surface area contributed by atoms with E-state index in [9.17, 15) is 4.39 Å². The van der Waals surface area contributed by atoms with Crippen molar-refractivity contribution in [2.24, 2.45) is 4.99 Å². The summed E-state index contributed by atoms with van der Waals surface area (Å²) in [6, 6.07) is 6.17. The third kappa shape index (κ3) is 7.64. The van der Waals surface area contributed by atoms with Crippen molar-refractivity contribution in [3.8, 4) is 5.75 Å². The minimum absolute atomic E-state index is 0.122. The van der Waals surface area contributed by atoms with Gasteiger partial charge < -0.3 is 19.9 Å². The highest BCUT2D eigenvalue weighted by Crippen LogP contribution is 2.15. The average Bonchev–Trinajstić information content (AvgIpc) is 3.07. The first kappa shape index (κ1) is 20.7. The van der Waals surface area contributed by atoms with Crippen LogP contribution in [-0.4, -0.2) is 41.8 Å². The Bertz CT molecular complexity index is 720. The van der Waals surface area contributed by atoms with Gasteiger partial charge in [0.15, 0.2) is 11.8 Å². The molecule has 1 heterocycles. The number of hydrogen-bond donors (Lipinski definition) is 2. The molecule has 148 valence electrons. The molecule has 2 aromatic rings. The predicted octanol–water partition coefficient (Wildman–Crippen LogP) is 2.86. The lowest BCUT2D eigenvalue weighted by atomic mass is 10.2. The van der Waals surface area contributed by atoms with Crippen molar-refractivity contribution in [1.29, 1.82) is 0 Å². The van der Waals surface area contributed by atoms with Crippen molar-refractivity contribution in [3.05, 3.63) is 41.8 Å². The van der Waals surface area contributed by atoms with Crippen LogP contribution in [0.4, 0.5) is 4.39 Å². The third-order valence-corrected chi connectivity index (χ3v) is 3.78. The van der Waals surface area contributed by atoms with Crippen LogP contribution in [0.2, 0.25) is 0 Å². The molecule has 1 atom stereocenters. The van der Waals surface area contributed by atoms with E-state index < -0.39 is 0 Å². The number of hydrogen-bond acceptors (Lipinski definition) is 5. The molecular formula is C19H28FN5O2. The first-order chi connectivity index (χ1) is 13.1. The zero-order chi connectivity index (χ0) is 19.5. The normalized spacial score (nSPS) is 12.7. The zero-order valence-electron chi connectivity index (χ0n) is 16.2. The molecule has 0 spiro atoms. The SMILES string of the molecule is CCNC(=NCC(CC)Oc1cccc(F)c1)NCCCc1nc(C)no1. The quantitative estimate of drug-likeness (QED) is 0.376. The summed E-state index contributed by atoms with van der Waals surface area (Å²) in [6.07, 6.45) is 2.22. The van der Waals surface area contributed by atoms with E-state index in [2.05, 4.69) is 25.8 Å². The van der Waals surface area contributed by atoms with Gasteiger partial charge >= 0.3 is 0 Å². The number of nitrogens with one attached hydrogen (secondary N) is 2. The molecule has 7 nitrogen and oxygen atoms in total. The minimum atomic E-state index is -0.308. The molecule has 0 aliphatic rings. The lowest BCUT2D eigenvalue weighted by molar-refractivity contribution is 0.205. The van der Waals surface area contributed by atoms with Gasteiger partial charge in [0.05, 0.1) is 6.54 Å². The van der Waals surface area contributed by atoms with Crippen LogP contribution >= 0.6 is 0 Å². The number of benzene rings is 1. The molecule has 2 rings (SSSR count). The summed E-state index contributed by atoms with van der Waals surface area (Å²) < 4.78 is 24.2. The number of ether oxygens (including phenoxy) is 1. The highest BCUT2D eigenvalue weighted by Gasteiger charge is 2.09. The second-order valence-corrected chi connectivity index (χ2v) is 6.09. The lowest BCUT2D eigenvalue weighted by Gasteiger charge is -2.17. The Morgan fingerprint density at radius 1 is 1.33 bits per heavy atom. The third-order valence-electron chi connectivity index (χ3n) is 3.78. The Balaban J connectivity index is 1.81. The summed E-state index contributed by atoms with van der Waals surface area (Å²) in [5.41, 5.74) is 0. The van der Waals surface area contributed by atoms with Crippen LogP contribution in [0.15, 0.2) is 33.8 Å². The fraction of sp³-hybridized carbons (Fsp3) is 0.526. The molecule has 2 N–H and O–H groups in total. The van der Waals surface area contributed by atoms with Gasteiger partial charge in [0.1, 0.15) is 17.7 Å². The summed E-state index contributed by atoms with van der Waals surface area (Å²) in [5, 5.41) is 10.3. The van der Waals surface area contributed by atoms with Crippen LogP contribution in [-0.2, 0) is 6.42 Å². The molecule has 0 aliphatic carbocycles. The molecule has 0 aliphatic heterocycles. The molecule has 0 radical (unpaired) electrons. The Kier molecular flexibility index (Phi) is 8.54. The predicted molar refractivity (Wildman–Crippen MR) is 102 cm³/mol. The van der Waals surface area contributed by atoms with Gasteiger partial charge in [-0.2, -0.15) is 4.98 Å². The molecule has 1 aromatic heterocycles. The van der Waals surface area contributed by atoms with E-state index in [1.165, 1.54) is 12.1 Å². The summed E-state index contributed by atoms with van der Waals surface area (Å²) in [5.74, 6) is 2.23. The Labute approximate surface area is 159 Å². The van der Waals surface area contributed by atoms with E-state index in [0.717, 1.165) is 31.9 Å². The number of rotatable bonds is 10. The summed E-state index contributed by atoms with van der Waals surface area (Å²) in [7, 11) is 0. The maximum absolute atomic E-state index is 13.3. The number of guanidine groups is 1. The molecule has 8 heteroatoms. The van der Waals surface area contributed by atoms with E-state index in [0.29, 0.717) is 30.4 Å². The van der Waals surface area contributed by atoms with E-state index in [4.69, 9.17) is 9.26 Å². The molecule has 1 unspecified atom stereocenters. The highest BCUT2D eigenvalue weighted by atomic mass is 19.1. The second-order valence-electron chi connectivity index (χ2n) is 6.09. The van der Waals surface area contributed by atoms with Gasteiger partial charge in [-0.1, -0.05) is 18.1 Å². The molecule has 0 fully saturated rings. The topological polar surface area (TPSA) is 84.6 Å². The van der Waals surface area contributed by atoms with E-state index in [-0.39, 0.29) is 11.9 Å². The van der Waals surface area contributed by atoms with Crippen molar-refractivity contribution in [1.82, 2.24) is 20.8 Å². The number of aryl methyl sites for hydroxylation is 2. The first-order valence-electron chi connectivity index (χ1n) is 9.34. The van der Waals surface area contributed by atoms with Crippen molar-refractivity contribution in [3.63, 3.8) is 0 Å². The van der Waals surface area contributed by atoms with Crippen LogP contribution < -0.4 is 15.4 Å². The Hall–Kier alpha value is -2.64. The fourth-order valence-corrected chi connectivity index (χ4v) is 2.41. The van der Waals surface area contributed by atoms with Crippen LogP contribution in [0.3, 0.4) is 0 Å². The van der Waals surface area contributed by atoms with Crippen molar-refractivity contribution < 1.29 is 13.7 Å². The largest absolute Gasteiger partial charge is 0.488 e. The first-order valence-corrected chi connectivity index (χ1v) is 9.34. The number of aliphatic imine (C=N–C) groups is 1. The van der Waals surface area contributed by atoms with Gasteiger partial charge in [0.2, 0.25) is 5.89 Å². The molecule has 1 aromatic carbocycles. The smallest absolute Gasteiger partial charge is 0.226 e. The molecule has 27 heavy (non-hydrogen) atoms. The molecule has 0 saturated heterocycles. The van der Waals surface area contributed by atoms with Crippen molar-refractivity contribution >= 4 is 5.96 Å².